The molecule has 102 valence electrons. The molecule has 0 aliphatic carbocycles. The number of rotatable bonds is 6. The molecule has 1 heterocycles. The molecule has 0 saturated carbocycles. The van der Waals surface area contributed by atoms with E-state index in [1.54, 1.807) is 4.90 Å². The molecule has 0 bridgehead atoms. The first-order chi connectivity index (χ1) is 9.19. The number of fused-ring (bicyclic) bond motifs is 1. The molecule has 0 aliphatic heterocycles. The molecule has 0 amide bonds. The fourth-order valence-electron chi connectivity index (χ4n) is 1.97. The standard InChI is InChI=1S/C14H15ClF2N2/c15-7-8-19(10-14(16)17)9-12-6-5-11-3-1-2-4-13(11)18-12/h1-6,14H,7-10H2. The first-order valence-electron chi connectivity index (χ1n) is 6.10. The normalized spacial score (nSPS) is 11.6. The Bertz CT molecular complexity index is 534. The van der Waals surface area contributed by atoms with E-state index in [-0.39, 0.29) is 6.54 Å². The van der Waals surface area contributed by atoms with Gasteiger partial charge in [0, 0.05) is 24.4 Å². The fraction of sp³-hybridized carbons (Fsp3) is 0.357. The van der Waals surface area contributed by atoms with Crippen molar-refractivity contribution in [3.05, 3.63) is 42.1 Å². The van der Waals surface area contributed by atoms with Crippen LogP contribution >= 0.6 is 11.6 Å². The van der Waals surface area contributed by atoms with Crippen LogP contribution in [0.5, 0.6) is 0 Å². The summed E-state index contributed by atoms with van der Waals surface area (Å²) in [6, 6.07) is 11.6. The summed E-state index contributed by atoms with van der Waals surface area (Å²) in [5, 5.41) is 1.05. The van der Waals surface area contributed by atoms with E-state index < -0.39 is 6.43 Å². The van der Waals surface area contributed by atoms with Gasteiger partial charge in [-0.1, -0.05) is 24.3 Å². The third kappa shape index (κ3) is 4.11. The minimum Gasteiger partial charge on any atom is -0.291 e. The molecule has 2 nitrogen and oxygen atoms in total. The number of para-hydroxylation sites is 1. The molecule has 1 aromatic carbocycles. The highest BCUT2D eigenvalue weighted by molar-refractivity contribution is 6.18. The molecule has 0 N–H and O–H groups in total. The van der Waals surface area contributed by atoms with Gasteiger partial charge in [-0.3, -0.25) is 9.88 Å². The van der Waals surface area contributed by atoms with Crippen LogP contribution in [0.25, 0.3) is 10.9 Å². The van der Waals surface area contributed by atoms with Gasteiger partial charge >= 0.3 is 0 Å². The second-order valence-electron chi connectivity index (χ2n) is 4.31. The van der Waals surface area contributed by atoms with Gasteiger partial charge in [-0.05, 0) is 12.1 Å². The van der Waals surface area contributed by atoms with E-state index in [0.29, 0.717) is 19.0 Å². The number of aromatic nitrogens is 1. The van der Waals surface area contributed by atoms with Crippen LogP contribution in [0.4, 0.5) is 8.78 Å². The van der Waals surface area contributed by atoms with E-state index in [1.165, 1.54) is 0 Å². The van der Waals surface area contributed by atoms with E-state index in [1.807, 2.05) is 36.4 Å². The second kappa shape index (κ2) is 6.78. The predicted molar refractivity (Wildman–Crippen MR) is 73.7 cm³/mol. The van der Waals surface area contributed by atoms with Gasteiger partial charge in [0.05, 0.1) is 17.8 Å². The predicted octanol–water partition coefficient (Wildman–Crippen LogP) is 3.54. The monoisotopic (exact) mass is 284 g/mol. The maximum Gasteiger partial charge on any atom is 0.251 e. The number of pyridine rings is 1. The third-order valence-corrected chi connectivity index (χ3v) is 3.01. The SMILES string of the molecule is FC(F)CN(CCCl)Cc1ccc2ccccc2n1. The second-order valence-corrected chi connectivity index (χ2v) is 4.69. The first kappa shape index (κ1) is 14.2. The van der Waals surface area contributed by atoms with Crippen molar-refractivity contribution in [2.45, 2.75) is 13.0 Å². The highest BCUT2D eigenvalue weighted by Gasteiger charge is 2.12. The summed E-state index contributed by atoms with van der Waals surface area (Å²) in [6.07, 6.45) is -2.36. The summed E-state index contributed by atoms with van der Waals surface area (Å²) < 4.78 is 24.9. The highest BCUT2D eigenvalue weighted by atomic mass is 35.5. The van der Waals surface area contributed by atoms with Crippen molar-refractivity contribution in [1.29, 1.82) is 0 Å². The number of hydrogen-bond acceptors (Lipinski definition) is 2. The lowest BCUT2D eigenvalue weighted by Gasteiger charge is -2.20. The molecule has 5 heteroatoms. The van der Waals surface area contributed by atoms with Gasteiger partial charge in [-0.2, -0.15) is 0 Å². The van der Waals surface area contributed by atoms with Crippen molar-refractivity contribution in [1.82, 2.24) is 9.88 Å². The topological polar surface area (TPSA) is 16.1 Å². The van der Waals surface area contributed by atoms with Crippen LogP contribution in [0, 0.1) is 0 Å². The summed E-state index contributed by atoms with van der Waals surface area (Å²) in [5.41, 5.74) is 1.66. The maximum absolute atomic E-state index is 12.5. The van der Waals surface area contributed by atoms with E-state index in [2.05, 4.69) is 4.98 Å². The van der Waals surface area contributed by atoms with Crippen molar-refractivity contribution in [2.75, 3.05) is 19.0 Å². The Kier molecular flexibility index (Phi) is 5.05. The fourth-order valence-corrected chi connectivity index (χ4v) is 2.21. The average molecular weight is 285 g/mol. The third-order valence-electron chi connectivity index (χ3n) is 2.84. The molecule has 2 aromatic rings. The van der Waals surface area contributed by atoms with Crippen molar-refractivity contribution < 1.29 is 8.78 Å². The van der Waals surface area contributed by atoms with Crippen LogP contribution < -0.4 is 0 Å². The number of alkyl halides is 3. The Labute approximate surface area is 116 Å². The van der Waals surface area contributed by atoms with E-state index >= 15 is 0 Å². The van der Waals surface area contributed by atoms with Crippen molar-refractivity contribution in [3.8, 4) is 0 Å². The van der Waals surface area contributed by atoms with Gasteiger partial charge in [-0.15, -0.1) is 11.6 Å². The zero-order chi connectivity index (χ0) is 13.7. The molecule has 1 aromatic heterocycles. The summed E-state index contributed by atoms with van der Waals surface area (Å²) in [4.78, 5) is 6.09. The summed E-state index contributed by atoms with van der Waals surface area (Å²) >= 11 is 5.63. The van der Waals surface area contributed by atoms with Gasteiger partial charge in [0.25, 0.3) is 6.43 Å². The number of halogens is 3. The molecule has 0 aliphatic rings. The Hall–Kier alpha value is -1.26. The Morgan fingerprint density at radius 2 is 1.95 bits per heavy atom. The number of benzene rings is 1. The molecule has 2 rings (SSSR count). The van der Waals surface area contributed by atoms with Gasteiger partial charge < -0.3 is 0 Å². The number of nitrogens with zero attached hydrogens (tertiary/aromatic N) is 2. The highest BCUT2D eigenvalue weighted by Crippen LogP contribution is 2.13. The molecule has 0 atom stereocenters. The molecule has 0 unspecified atom stereocenters. The molecular weight excluding hydrogens is 270 g/mol. The van der Waals surface area contributed by atoms with Gasteiger partial charge in [-0.25, -0.2) is 8.78 Å². The summed E-state index contributed by atoms with van der Waals surface area (Å²) in [7, 11) is 0. The van der Waals surface area contributed by atoms with Crippen molar-refractivity contribution >= 4 is 22.5 Å². The van der Waals surface area contributed by atoms with Gasteiger partial charge in [0.15, 0.2) is 0 Å². The van der Waals surface area contributed by atoms with Crippen molar-refractivity contribution in [2.24, 2.45) is 0 Å². The molecule has 0 radical (unpaired) electrons. The average Bonchev–Trinajstić information content (AvgIpc) is 2.38. The van der Waals surface area contributed by atoms with E-state index in [9.17, 15) is 8.78 Å². The Balaban J connectivity index is 2.13. The van der Waals surface area contributed by atoms with E-state index in [0.717, 1.165) is 16.6 Å². The van der Waals surface area contributed by atoms with Crippen LogP contribution in [0.3, 0.4) is 0 Å². The molecule has 19 heavy (non-hydrogen) atoms. The van der Waals surface area contributed by atoms with Gasteiger partial charge in [0.1, 0.15) is 0 Å². The molecular formula is C14H15ClF2N2. The zero-order valence-corrected chi connectivity index (χ0v) is 11.2. The number of hydrogen-bond donors (Lipinski definition) is 0. The van der Waals surface area contributed by atoms with Crippen molar-refractivity contribution in [3.63, 3.8) is 0 Å². The summed E-state index contributed by atoms with van der Waals surface area (Å²) in [5.74, 6) is 0.334. The lowest BCUT2D eigenvalue weighted by atomic mass is 10.2. The lowest BCUT2D eigenvalue weighted by Crippen LogP contribution is -2.30. The van der Waals surface area contributed by atoms with Crippen LogP contribution in [0.2, 0.25) is 0 Å². The quantitative estimate of drug-likeness (QED) is 0.754. The van der Waals surface area contributed by atoms with Crippen LogP contribution in [-0.2, 0) is 6.54 Å². The van der Waals surface area contributed by atoms with Crippen LogP contribution in [-0.4, -0.2) is 35.3 Å². The minimum atomic E-state index is -2.36. The smallest absolute Gasteiger partial charge is 0.251 e. The van der Waals surface area contributed by atoms with Crippen LogP contribution in [0.15, 0.2) is 36.4 Å². The van der Waals surface area contributed by atoms with Crippen LogP contribution in [0.1, 0.15) is 5.69 Å². The molecule has 0 spiro atoms. The lowest BCUT2D eigenvalue weighted by molar-refractivity contribution is 0.0873. The minimum absolute atomic E-state index is 0.277. The Morgan fingerprint density at radius 1 is 1.16 bits per heavy atom. The molecule has 0 fully saturated rings. The summed E-state index contributed by atoms with van der Waals surface area (Å²) in [6.45, 7) is 0.545. The Morgan fingerprint density at radius 3 is 2.68 bits per heavy atom. The van der Waals surface area contributed by atoms with E-state index in [4.69, 9.17) is 11.6 Å². The maximum atomic E-state index is 12.5. The van der Waals surface area contributed by atoms with Gasteiger partial charge in [0.2, 0.25) is 0 Å². The molecule has 0 saturated heterocycles. The largest absolute Gasteiger partial charge is 0.291 e. The first-order valence-corrected chi connectivity index (χ1v) is 6.63. The zero-order valence-electron chi connectivity index (χ0n) is 10.4.